The number of nitrogens with zero attached hydrogens (tertiary/aromatic N) is 2. The summed E-state index contributed by atoms with van der Waals surface area (Å²) in [6.07, 6.45) is 3.88. The Morgan fingerprint density at radius 3 is 2.46 bits per heavy atom. The molecular weight excluding hydrogens is 349 g/mol. The molecule has 1 aliphatic carbocycles. The van der Waals surface area contributed by atoms with Crippen LogP contribution in [0.25, 0.3) is 0 Å². The van der Waals surface area contributed by atoms with Gasteiger partial charge in [-0.05, 0) is 30.5 Å². The van der Waals surface area contributed by atoms with E-state index in [2.05, 4.69) is 10.1 Å². The van der Waals surface area contributed by atoms with Crippen LogP contribution in [0.3, 0.4) is 0 Å². The van der Waals surface area contributed by atoms with Crippen LogP contribution in [0.5, 0.6) is 0 Å². The summed E-state index contributed by atoms with van der Waals surface area (Å²) in [4.78, 5) is 5.17. The molecule has 1 unspecified atom stereocenters. The molecule has 0 bridgehead atoms. The van der Waals surface area contributed by atoms with Crippen molar-refractivity contribution in [1.29, 1.82) is 0 Å². The van der Waals surface area contributed by atoms with Crippen LogP contribution in [0.4, 0.5) is 4.39 Å². The highest BCUT2D eigenvalue weighted by Crippen LogP contribution is 2.42. The minimum Gasteiger partial charge on any atom is -0.338 e. The van der Waals surface area contributed by atoms with Gasteiger partial charge in [0, 0.05) is 4.90 Å². The van der Waals surface area contributed by atoms with Gasteiger partial charge in [0.25, 0.3) is 0 Å². The Morgan fingerprint density at radius 1 is 1.04 bits per heavy atom. The SMILES string of the molecule is NC1(c2noc(C(Sc3ccccc3F)c3ccccc3)n2)CCCC1. The summed E-state index contributed by atoms with van der Waals surface area (Å²) < 4.78 is 19.8. The van der Waals surface area contributed by atoms with E-state index in [0.717, 1.165) is 31.2 Å². The van der Waals surface area contributed by atoms with Crippen molar-refractivity contribution in [3.8, 4) is 0 Å². The van der Waals surface area contributed by atoms with Crippen LogP contribution in [0, 0.1) is 5.82 Å². The minimum atomic E-state index is -0.508. The van der Waals surface area contributed by atoms with E-state index in [1.54, 1.807) is 12.1 Å². The second kappa shape index (κ2) is 7.21. The molecule has 26 heavy (non-hydrogen) atoms. The number of rotatable bonds is 5. The molecule has 3 aromatic rings. The Balaban J connectivity index is 1.70. The van der Waals surface area contributed by atoms with Crippen molar-refractivity contribution in [2.24, 2.45) is 5.73 Å². The van der Waals surface area contributed by atoms with Gasteiger partial charge < -0.3 is 10.3 Å². The minimum absolute atomic E-state index is 0.260. The molecule has 1 aliphatic rings. The maximum Gasteiger partial charge on any atom is 0.244 e. The average Bonchev–Trinajstić information content (AvgIpc) is 3.32. The molecule has 134 valence electrons. The molecule has 4 rings (SSSR count). The molecule has 1 atom stereocenters. The van der Waals surface area contributed by atoms with E-state index in [-0.39, 0.29) is 11.1 Å². The van der Waals surface area contributed by atoms with Gasteiger partial charge in [0.1, 0.15) is 11.1 Å². The maximum atomic E-state index is 14.2. The summed E-state index contributed by atoms with van der Waals surface area (Å²) in [6.45, 7) is 0. The van der Waals surface area contributed by atoms with E-state index >= 15 is 0 Å². The van der Waals surface area contributed by atoms with Gasteiger partial charge in [-0.15, -0.1) is 11.8 Å². The van der Waals surface area contributed by atoms with Crippen molar-refractivity contribution in [1.82, 2.24) is 10.1 Å². The molecule has 1 aromatic heterocycles. The molecular formula is C20H20FN3OS. The average molecular weight is 369 g/mol. The summed E-state index contributed by atoms with van der Waals surface area (Å²) in [5.74, 6) is 0.750. The second-order valence-corrected chi connectivity index (χ2v) is 7.81. The number of nitrogens with two attached hydrogens (primary N) is 1. The standard InChI is InChI=1S/C20H20FN3OS/c21-15-10-4-5-11-16(15)26-17(14-8-2-1-3-9-14)18-23-19(24-25-18)20(22)12-6-7-13-20/h1-5,8-11,17H,6-7,12-13,22H2. The molecule has 1 heterocycles. The fourth-order valence-corrected chi connectivity index (χ4v) is 4.41. The van der Waals surface area contributed by atoms with E-state index in [4.69, 9.17) is 10.3 Å². The van der Waals surface area contributed by atoms with Crippen molar-refractivity contribution in [3.63, 3.8) is 0 Å². The highest BCUT2D eigenvalue weighted by molar-refractivity contribution is 7.99. The van der Waals surface area contributed by atoms with Gasteiger partial charge in [0.05, 0.1) is 5.54 Å². The molecule has 0 radical (unpaired) electrons. The first-order chi connectivity index (χ1) is 12.7. The van der Waals surface area contributed by atoms with Gasteiger partial charge >= 0.3 is 0 Å². The first kappa shape index (κ1) is 17.2. The summed E-state index contributed by atoms with van der Waals surface area (Å²) in [5.41, 5.74) is 6.93. The van der Waals surface area contributed by atoms with Crippen LogP contribution < -0.4 is 5.73 Å². The zero-order chi connectivity index (χ0) is 18.0. The van der Waals surface area contributed by atoms with Crippen molar-refractivity contribution >= 4 is 11.8 Å². The van der Waals surface area contributed by atoms with Gasteiger partial charge in [-0.25, -0.2) is 4.39 Å². The van der Waals surface area contributed by atoms with Crippen molar-refractivity contribution in [2.75, 3.05) is 0 Å². The molecule has 6 heteroatoms. The van der Waals surface area contributed by atoms with Crippen molar-refractivity contribution in [3.05, 3.63) is 77.7 Å². The van der Waals surface area contributed by atoms with Crippen LogP contribution in [0.1, 0.15) is 48.2 Å². The Hall–Kier alpha value is -2.18. The van der Waals surface area contributed by atoms with Crippen LogP contribution in [-0.2, 0) is 5.54 Å². The Kier molecular flexibility index (Phi) is 4.78. The number of hydrogen-bond acceptors (Lipinski definition) is 5. The molecule has 0 amide bonds. The lowest BCUT2D eigenvalue weighted by Gasteiger charge is -2.18. The van der Waals surface area contributed by atoms with Gasteiger partial charge in [0.15, 0.2) is 5.82 Å². The summed E-state index contributed by atoms with van der Waals surface area (Å²) >= 11 is 1.36. The number of hydrogen-bond donors (Lipinski definition) is 1. The fourth-order valence-electron chi connectivity index (χ4n) is 3.33. The second-order valence-electron chi connectivity index (χ2n) is 6.66. The van der Waals surface area contributed by atoms with Gasteiger partial charge in [0.2, 0.25) is 5.89 Å². The summed E-state index contributed by atoms with van der Waals surface area (Å²) in [7, 11) is 0. The molecule has 0 spiro atoms. The highest BCUT2D eigenvalue weighted by Gasteiger charge is 2.37. The predicted molar refractivity (Wildman–Crippen MR) is 99.2 cm³/mol. The van der Waals surface area contributed by atoms with E-state index < -0.39 is 5.54 Å². The van der Waals surface area contributed by atoms with Crippen LogP contribution in [0.15, 0.2) is 64.0 Å². The topological polar surface area (TPSA) is 64.9 Å². The first-order valence-corrected chi connectivity index (χ1v) is 9.63. The number of halogens is 1. The van der Waals surface area contributed by atoms with Crippen LogP contribution in [0.2, 0.25) is 0 Å². The summed E-state index contributed by atoms with van der Waals surface area (Å²) in [5, 5.41) is 3.87. The monoisotopic (exact) mass is 369 g/mol. The zero-order valence-electron chi connectivity index (χ0n) is 14.3. The number of benzene rings is 2. The lowest BCUT2D eigenvalue weighted by Crippen LogP contribution is -2.34. The fraction of sp³-hybridized carbons (Fsp3) is 0.300. The molecule has 2 N–H and O–H groups in total. The maximum absolute atomic E-state index is 14.2. The van der Waals surface area contributed by atoms with Gasteiger partial charge in [-0.2, -0.15) is 4.98 Å². The molecule has 0 aliphatic heterocycles. The number of aromatic nitrogens is 2. The predicted octanol–water partition coefficient (Wildman–Crippen LogP) is 4.82. The zero-order valence-corrected chi connectivity index (χ0v) is 15.1. The summed E-state index contributed by atoms with van der Waals surface area (Å²) in [6, 6.07) is 16.5. The third-order valence-corrected chi connectivity index (χ3v) is 6.09. The Morgan fingerprint density at radius 2 is 1.73 bits per heavy atom. The van der Waals surface area contributed by atoms with Gasteiger partial charge in [-0.1, -0.05) is 60.5 Å². The lowest BCUT2D eigenvalue weighted by atomic mass is 9.99. The third-order valence-electron chi connectivity index (χ3n) is 4.79. The van der Waals surface area contributed by atoms with E-state index in [9.17, 15) is 4.39 Å². The van der Waals surface area contributed by atoms with Crippen LogP contribution >= 0.6 is 11.8 Å². The normalized spacial score (nSPS) is 17.3. The van der Waals surface area contributed by atoms with Crippen molar-refractivity contribution < 1.29 is 8.91 Å². The molecule has 2 aromatic carbocycles. The molecule has 1 fully saturated rings. The Bertz CT molecular complexity index is 878. The van der Waals surface area contributed by atoms with Crippen LogP contribution in [-0.4, -0.2) is 10.1 Å². The number of thioether (sulfide) groups is 1. The lowest BCUT2D eigenvalue weighted by molar-refractivity contribution is 0.351. The van der Waals surface area contributed by atoms with E-state index in [1.165, 1.54) is 17.8 Å². The van der Waals surface area contributed by atoms with E-state index in [0.29, 0.717) is 16.6 Å². The molecule has 4 nitrogen and oxygen atoms in total. The quantitative estimate of drug-likeness (QED) is 0.653. The smallest absolute Gasteiger partial charge is 0.244 e. The van der Waals surface area contributed by atoms with Gasteiger partial charge in [-0.3, -0.25) is 0 Å². The highest BCUT2D eigenvalue weighted by atomic mass is 32.2. The Labute approximate surface area is 156 Å². The molecule has 0 saturated heterocycles. The first-order valence-electron chi connectivity index (χ1n) is 8.75. The van der Waals surface area contributed by atoms with E-state index in [1.807, 2.05) is 36.4 Å². The van der Waals surface area contributed by atoms with Crippen molar-refractivity contribution in [2.45, 2.75) is 41.4 Å². The largest absolute Gasteiger partial charge is 0.338 e. The third kappa shape index (κ3) is 3.39. The molecule has 1 saturated carbocycles.